The van der Waals surface area contributed by atoms with Gasteiger partial charge in [-0.3, -0.25) is 0 Å². The lowest BCUT2D eigenvalue weighted by molar-refractivity contribution is -0.139. The number of aromatic carboxylic acids is 1. The summed E-state index contributed by atoms with van der Waals surface area (Å²) in [7, 11) is 0. The fraction of sp³-hybridized carbons (Fsp3) is 0.300. The summed E-state index contributed by atoms with van der Waals surface area (Å²) in [4.78, 5) is 10.6. The molecule has 0 saturated carbocycles. The van der Waals surface area contributed by atoms with Crippen molar-refractivity contribution in [2.24, 2.45) is 0 Å². The molecule has 1 aromatic rings. The van der Waals surface area contributed by atoms with Crippen molar-refractivity contribution in [2.75, 3.05) is 5.75 Å². The first kappa shape index (κ1) is 12.9. The van der Waals surface area contributed by atoms with E-state index in [0.717, 1.165) is 30.0 Å². The van der Waals surface area contributed by atoms with Crippen LogP contribution in [0.15, 0.2) is 23.1 Å². The van der Waals surface area contributed by atoms with Crippen molar-refractivity contribution in [3.8, 4) is 0 Å². The summed E-state index contributed by atoms with van der Waals surface area (Å²) in [6, 6.07) is 2.83. The minimum atomic E-state index is -4.45. The van der Waals surface area contributed by atoms with Crippen LogP contribution in [0.2, 0.25) is 0 Å². The molecule has 0 aliphatic heterocycles. The molecule has 16 heavy (non-hydrogen) atoms. The Morgan fingerprint density at radius 3 is 2.50 bits per heavy atom. The van der Waals surface area contributed by atoms with Crippen molar-refractivity contribution in [1.82, 2.24) is 0 Å². The van der Waals surface area contributed by atoms with Crippen molar-refractivity contribution in [2.45, 2.75) is 18.0 Å². The summed E-state index contributed by atoms with van der Waals surface area (Å²) in [5, 5.41) is 8.68. The second-order valence-electron chi connectivity index (χ2n) is 2.95. The largest absolute Gasteiger partial charge is 0.478 e. The van der Waals surface area contributed by atoms with E-state index in [0.29, 0.717) is 5.75 Å². The lowest BCUT2D eigenvalue weighted by atomic mass is 10.1. The molecule has 0 saturated heterocycles. The van der Waals surface area contributed by atoms with Gasteiger partial charge in [0.15, 0.2) is 0 Å². The Bertz CT molecular complexity index is 402. The number of thioether (sulfide) groups is 1. The minimum Gasteiger partial charge on any atom is -0.478 e. The van der Waals surface area contributed by atoms with Gasteiger partial charge in [-0.2, -0.15) is 13.2 Å². The number of alkyl halides is 3. The number of carboxylic acids is 1. The molecular weight excluding hydrogens is 241 g/mol. The maximum absolute atomic E-state index is 12.5. The zero-order valence-corrected chi connectivity index (χ0v) is 9.15. The minimum absolute atomic E-state index is 0.0464. The van der Waals surface area contributed by atoms with E-state index in [2.05, 4.69) is 0 Å². The first-order valence-corrected chi connectivity index (χ1v) is 5.42. The zero-order valence-electron chi connectivity index (χ0n) is 8.34. The van der Waals surface area contributed by atoms with Crippen LogP contribution in [-0.4, -0.2) is 16.8 Å². The van der Waals surface area contributed by atoms with E-state index in [4.69, 9.17) is 5.11 Å². The molecule has 0 unspecified atom stereocenters. The molecule has 2 nitrogen and oxygen atoms in total. The van der Waals surface area contributed by atoms with Gasteiger partial charge in [0.05, 0.1) is 11.1 Å². The van der Waals surface area contributed by atoms with Gasteiger partial charge in [0, 0.05) is 4.90 Å². The number of hydrogen-bond acceptors (Lipinski definition) is 2. The predicted molar refractivity (Wildman–Crippen MR) is 54.8 cm³/mol. The van der Waals surface area contributed by atoms with Crippen LogP contribution in [-0.2, 0) is 6.18 Å². The average molecular weight is 250 g/mol. The van der Waals surface area contributed by atoms with Gasteiger partial charge >= 0.3 is 12.1 Å². The van der Waals surface area contributed by atoms with E-state index in [-0.39, 0.29) is 10.5 Å². The van der Waals surface area contributed by atoms with Gasteiger partial charge in [0.2, 0.25) is 0 Å². The summed E-state index contributed by atoms with van der Waals surface area (Å²) in [6.45, 7) is 1.71. The maximum Gasteiger partial charge on any atom is 0.417 e. The van der Waals surface area contributed by atoms with Gasteiger partial charge in [-0.1, -0.05) is 6.92 Å². The van der Waals surface area contributed by atoms with E-state index >= 15 is 0 Å². The Morgan fingerprint density at radius 1 is 1.44 bits per heavy atom. The molecule has 1 aromatic carbocycles. The lowest BCUT2D eigenvalue weighted by Crippen LogP contribution is -2.08. The third kappa shape index (κ3) is 2.91. The molecule has 0 bridgehead atoms. The molecule has 6 heteroatoms. The quantitative estimate of drug-likeness (QED) is 0.834. The van der Waals surface area contributed by atoms with E-state index in [1.807, 2.05) is 0 Å². The molecule has 0 spiro atoms. The Hall–Kier alpha value is -1.17. The summed E-state index contributed by atoms with van der Waals surface area (Å²) in [5.74, 6) is -0.779. The highest BCUT2D eigenvalue weighted by Gasteiger charge is 2.33. The van der Waals surface area contributed by atoms with Gasteiger partial charge in [-0.25, -0.2) is 4.79 Å². The summed E-state index contributed by atoms with van der Waals surface area (Å²) in [5.41, 5.74) is -0.923. The van der Waals surface area contributed by atoms with E-state index in [1.165, 1.54) is 0 Å². The van der Waals surface area contributed by atoms with Crippen LogP contribution in [0.3, 0.4) is 0 Å². The highest BCUT2D eigenvalue weighted by atomic mass is 32.2. The number of halogens is 3. The number of carboxylic acid groups (broad SMARTS) is 1. The molecule has 1 rings (SSSR count). The second kappa shape index (κ2) is 4.78. The Morgan fingerprint density at radius 2 is 2.06 bits per heavy atom. The van der Waals surface area contributed by atoms with Gasteiger partial charge < -0.3 is 5.11 Å². The fourth-order valence-electron chi connectivity index (χ4n) is 1.16. The second-order valence-corrected chi connectivity index (χ2v) is 4.25. The topological polar surface area (TPSA) is 37.3 Å². The normalized spacial score (nSPS) is 11.5. The SMILES string of the molecule is CCSc1cc(C(=O)O)ccc1C(F)(F)F. The van der Waals surface area contributed by atoms with Gasteiger partial charge in [0.25, 0.3) is 0 Å². The Balaban J connectivity index is 3.24. The van der Waals surface area contributed by atoms with Gasteiger partial charge in [0.1, 0.15) is 0 Å². The molecule has 0 fully saturated rings. The molecule has 0 radical (unpaired) electrons. The van der Waals surface area contributed by atoms with Crippen LogP contribution in [0.25, 0.3) is 0 Å². The molecule has 1 N–H and O–H groups in total. The molecule has 0 aliphatic carbocycles. The molecule has 0 aromatic heterocycles. The third-order valence-electron chi connectivity index (χ3n) is 1.83. The molecule has 0 heterocycles. The number of benzene rings is 1. The van der Waals surface area contributed by atoms with Crippen molar-refractivity contribution < 1.29 is 23.1 Å². The first-order chi connectivity index (χ1) is 7.36. The van der Waals surface area contributed by atoms with Crippen LogP contribution in [0, 0.1) is 0 Å². The fourth-order valence-corrected chi connectivity index (χ4v) is 2.03. The highest BCUT2D eigenvalue weighted by molar-refractivity contribution is 7.99. The summed E-state index contributed by atoms with van der Waals surface area (Å²) < 4.78 is 37.6. The van der Waals surface area contributed by atoms with E-state index in [1.54, 1.807) is 6.92 Å². The standard InChI is InChI=1S/C10H9F3O2S/c1-2-16-8-5-6(9(14)15)3-4-7(8)10(11,12)13/h3-5H,2H2,1H3,(H,14,15). The first-order valence-electron chi connectivity index (χ1n) is 4.43. The number of carbonyl (C=O) groups is 1. The van der Waals surface area contributed by atoms with Crippen LogP contribution in [0.5, 0.6) is 0 Å². The smallest absolute Gasteiger partial charge is 0.417 e. The number of rotatable bonds is 3. The molecule has 0 aliphatic rings. The van der Waals surface area contributed by atoms with Crippen molar-refractivity contribution in [3.05, 3.63) is 29.3 Å². The average Bonchev–Trinajstić information content (AvgIpc) is 2.16. The monoisotopic (exact) mass is 250 g/mol. The van der Waals surface area contributed by atoms with Crippen LogP contribution < -0.4 is 0 Å². The Labute approximate surface area is 94.5 Å². The highest BCUT2D eigenvalue weighted by Crippen LogP contribution is 2.37. The predicted octanol–water partition coefficient (Wildman–Crippen LogP) is 3.52. The lowest BCUT2D eigenvalue weighted by Gasteiger charge is -2.12. The zero-order chi connectivity index (χ0) is 12.3. The van der Waals surface area contributed by atoms with Gasteiger partial charge in [-0.15, -0.1) is 11.8 Å². The van der Waals surface area contributed by atoms with Crippen LogP contribution in [0.4, 0.5) is 13.2 Å². The van der Waals surface area contributed by atoms with Crippen molar-refractivity contribution in [1.29, 1.82) is 0 Å². The molecule has 0 atom stereocenters. The van der Waals surface area contributed by atoms with E-state index in [9.17, 15) is 18.0 Å². The maximum atomic E-state index is 12.5. The Kier molecular flexibility index (Phi) is 3.85. The molecule has 88 valence electrons. The number of hydrogen-bond donors (Lipinski definition) is 1. The summed E-state index contributed by atoms with van der Waals surface area (Å²) >= 11 is 0.977. The molecule has 0 amide bonds. The van der Waals surface area contributed by atoms with Gasteiger partial charge in [-0.05, 0) is 24.0 Å². The van der Waals surface area contributed by atoms with Crippen LogP contribution in [0.1, 0.15) is 22.8 Å². The van der Waals surface area contributed by atoms with Crippen molar-refractivity contribution >= 4 is 17.7 Å². The van der Waals surface area contributed by atoms with E-state index < -0.39 is 17.7 Å². The van der Waals surface area contributed by atoms with Crippen molar-refractivity contribution in [3.63, 3.8) is 0 Å². The van der Waals surface area contributed by atoms with Crippen LogP contribution >= 0.6 is 11.8 Å². The molecular formula is C10H9F3O2S. The third-order valence-corrected chi connectivity index (χ3v) is 2.77. The summed E-state index contributed by atoms with van der Waals surface area (Å²) in [6.07, 6.45) is -4.45.